The molecule has 0 saturated heterocycles. The van der Waals surface area contributed by atoms with Crippen molar-refractivity contribution in [3.8, 4) is 0 Å². The molecule has 1 unspecified atom stereocenters. The summed E-state index contributed by atoms with van der Waals surface area (Å²) in [5, 5.41) is 0. The van der Waals surface area contributed by atoms with Crippen LogP contribution in [-0.4, -0.2) is 37.2 Å². The number of rotatable bonds is 50. The monoisotopic (exact) mass is 933 g/mol. The topological polar surface area (TPSA) is 78.9 Å². The van der Waals surface area contributed by atoms with E-state index < -0.39 is 6.10 Å². The molecule has 0 rings (SSSR count). The number of hydrogen-bond acceptors (Lipinski definition) is 6. The molecular weight excluding hydrogens is 829 g/mol. The van der Waals surface area contributed by atoms with Crippen LogP contribution in [0.4, 0.5) is 0 Å². The van der Waals surface area contributed by atoms with Crippen LogP contribution in [0.1, 0.15) is 265 Å². The first-order valence-electron chi connectivity index (χ1n) is 28.1. The standard InChI is InChI=1S/C61H104O6/c1-4-7-10-13-16-18-20-22-24-25-26-27-28-29-30-31-32-33-34-35-37-38-40-42-45-48-51-54-60(63)66-57-58(56-65-59(62)53-50-47-44-15-12-9-6-3)67-61(64)55-52-49-46-43-41-39-36-23-21-19-17-14-11-8-5-2/h7,10,16-19,22-24,26-27,29-30,36,58H,4-6,8-9,11-15,20-21,25,28,31-35,37-57H2,1-3H3/b10-7-,18-16-,19-17-,24-22-,27-26-,30-29-,36-23-. The normalized spacial score (nSPS) is 12.7. The molecule has 0 saturated carbocycles. The van der Waals surface area contributed by atoms with E-state index in [1.807, 2.05) is 0 Å². The first-order valence-corrected chi connectivity index (χ1v) is 28.1. The number of esters is 3. The van der Waals surface area contributed by atoms with E-state index in [2.05, 4.69) is 106 Å². The molecule has 6 heteroatoms. The van der Waals surface area contributed by atoms with Crippen LogP contribution < -0.4 is 0 Å². The summed E-state index contributed by atoms with van der Waals surface area (Å²) in [6, 6.07) is 0. The van der Waals surface area contributed by atoms with Crippen LogP contribution in [0.25, 0.3) is 0 Å². The van der Waals surface area contributed by atoms with Gasteiger partial charge in [-0.25, -0.2) is 0 Å². The Kier molecular flexibility index (Phi) is 52.4. The highest BCUT2D eigenvalue weighted by Crippen LogP contribution is 2.15. The Labute approximate surface area is 414 Å². The maximum Gasteiger partial charge on any atom is 0.306 e. The third kappa shape index (κ3) is 53.4. The summed E-state index contributed by atoms with van der Waals surface area (Å²) < 4.78 is 16.8. The van der Waals surface area contributed by atoms with E-state index in [9.17, 15) is 14.4 Å². The fourth-order valence-corrected chi connectivity index (χ4v) is 7.68. The van der Waals surface area contributed by atoms with Crippen molar-refractivity contribution >= 4 is 17.9 Å². The second kappa shape index (κ2) is 55.2. The summed E-state index contributed by atoms with van der Waals surface area (Å²) in [5.74, 6) is -0.902. The minimum atomic E-state index is -0.781. The van der Waals surface area contributed by atoms with Crippen LogP contribution in [0.5, 0.6) is 0 Å². The molecule has 6 nitrogen and oxygen atoms in total. The van der Waals surface area contributed by atoms with Gasteiger partial charge in [0.15, 0.2) is 6.10 Å². The van der Waals surface area contributed by atoms with Crippen molar-refractivity contribution < 1.29 is 28.6 Å². The maximum atomic E-state index is 12.8. The number of allylic oxidation sites excluding steroid dienone is 14. The molecule has 0 heterocycles. The van der Waals surface area contributed by atoms with Crippen molar-refractivity contribution in [2.45, 2.75) is 271 Å². The van der Waals surface area contributed by atoms with Crippen LogP contribution in [0.3, 0.4) is 0 Å². The molecule has 67 heavy (non-hydrogen) atoms. The number of ether oxygens (including phenoxy) is 3. The van der Waals surface area contributed by atoms with Crippen LogP contribution in [0.15, 0.2) is 85.1 Å². The van der Waals surface area contributed by atoms with E-state index in [1.165, 1.54) is 109 Å². The minimum Gasteiger partial charge on any atom is -0.462 e. The third-order valence-electron chi connectivity index (χ3n) is 11.9. The predicted molar refractivity (Wildman–Crippen MR) is 288 cm³/mol. The van der Waals surface area contributed by atoms with Gasteiger partial charge in [0.05, 0.1) is 0 Å². The summed E-state index contributed by atoms with van der Waals surface area (Å²) in [6.45, 7) is 6.45. The van der Waals surface area contributed by atoms with Crippen LogP contribution in [0, 0.1) is 0 Å². The molecular formula is C61H104O6. The molecule has 1 atom stereocenters. The Morgan fingerprint density at radius 1 is 0.313 bits per heavy atom. The highest BCUT2D eigenvalue weighted by atomic mass is 16.6. The van der Waals surface area contributed by atoms with Gasteiger partial charge in [0.2, 0.25) is 0 Å². The first-order chi connectivity index (χ1) is 33.0. The van der Waals surface area contributed by atoms with Crippen LogP contribution >= 0.6 is 0 Å². The highest BCUT2D eigenvalue weighted by Gasteiger charge is 2.19. The van der Waals surface area contributed by atoms with Crippen molar-refractivity contribution in [1.82, 2.24) is 0 Å². The predicted octanol–water partition coefficient (Wildman–Crippen LogP) is 18.8. The molecule has 0 bridgehead atoms. The fraction of sp³-hybridized carbons (Fsp3) is 0.721. The number of carbonyl (C=O) groups is 3. The Morgan fingerprint density at radius 3 is 0.940 bits per heavy atom. The molecule has 0 aromatic heterocycles. The van der Waals surface area contributed by atoms with Crippen molar-refractivity contribution in [3.63, 3.8) is 0 Å². The van der Waals surface area contributed by atoms with Gasteiger partial charge < -0.3 is 14.2 Å². The van der Waals surface area contributed by atoms with E-state index in [1.54, 1.807) is 0 Å². The first kappa shape index (κ1) is 63.6. The summed E-state index contributed by atoms with van der Waals surface area (Å²) in [6.07, 6.45) is 71.7. The zero-order valence-corrected chi connectivity index (χ0v) is 43.9. The second-order valence-electron chi connectivity index (χ2n) is 18.5. The lowest BCUT2D eigenvalue weighted by atomic mass is 10.0. The molecule has 0 fully saturated rings. The molecule has 0 radical (unpaired) electrons. The second-order valence-corrected chi connectivity index (χ2v) is 18.5. The smallest absolute Gasteiger partial charge is 0.306 e. The molecule has 0 aliphatic heterocycles. The van der Waals surface area contributed by atoms with Crippen molar-refractivity contribution in [2.24, 2.45) is 0 Å². The van der Waals surface area contributed by atoms with Gasteiger partial charge in [-0.15, -0.1) is 0 Å². The Bertz CT molecular complexity index is 1300. The quantitative estimate of drug-likeness (QED) is 0.0262. The fourth-order valence-electron chi connectivity index (χ4n) is 7.68. The van der Waals surface area contributed by atoms with Gasteiger partial charge in [0, 0.05) is 19.3 Å². The zero-order chi connectivity index (χ0) is 48.6. The molecule has 0 N–H and O–H groups in total. The maximum absolute atomic E-state index is 12.8. The SMILES string of the molecule is CC/C=C\C/C=C\C/C=C\C/C=C\C/C=C\CCCCCCCCCCCCCC(=O)OCC(COC(=O)CCCCCCCCC)OC(=O)CCCCCCC/C=C\C/C=C\CCCCC. The summed E-state index contributed by atoms with van der Waals surface area (Å²) in [7, 11) is 0. The highest BCUT2D eigenvalue weighted by molar-refractivity contribution is 5.71. The zero-order valence-electron chi connectivity index (χ0n) is 43.9. The van der Waals surface area contributed by atoms with Crippen LogP contribution in [-0.2, 0) is 28.6 Å². The van der Waals surface area contributed by atoms with Crippen molar-refractivity contribution in [1.29, 1.82) is 0 Å². The van der Waals surface area contributed by atoms with E-state index >= 15 is 0 Å². The number of unbranched alkanes of at least 4 members (excludes halogenated alkanes) is 25. The molecule has 0 aliphatic carbocycles. The van der Waals surface area contributed by atoms with E-state index in [0.717, 1.165) is 116 Å². The molecule has 0 spiro atoms. The number of carbonyl (C=O) groups excluding carboxylic acids is 3. The summed E-state index contributed by atoms with van der Waals surface area (Å²) >= 11 is 0. The van der Waals surface area contributed by atoms with Gasteiger partial charge in [0.1, 0.15) is 13.2 Å². The Hall–Kier alpha value is -3.41. The van der Waals surface area contributed by atoms with E-state index in [4.69, 9.17) is 14.2 Å². The van der Waals surface area contributed by atoms with Crippen molar-refractivity contribution in [2.75, 3.05) is 13.2 Å². The van der Waals surface area contributed by atoms with Gasteiger partial charge in [-0.05, 0) is 96.3 Å². The van der Waals surface area contributed by atoms with Crippen molar-refractivity contribution in [3.05, 3.63) is 85.1 Å². The van der Waals surface area contributed by atoms with E-state index in [-0.39, 0.29) is 31.1 Å². The molecule has 0 aliphatic rings. The van der Waals surface area contributed by atoms with Gasteiger partial charge in [-0.3, -0.25) is 14.4 Å². The average molecular weight is 933 g/mol. The Balaban J connectivity index is 4.16. The third-order valence-corrected chi connectivity index (χ3v) is 11.9. The van der Waals surface area contributed by atoms with E-state index in [0.29, 0.717) is 19.3 Å². The van der Waals surface area contributed by atoms with Gasteiger partial charge in [-0.2, -0.15) is 0 Å². The molecule has 0 aromatic carbocycles. The summed E-state index contributed by atoms with van der Waals surface area (Å²) in [5.41, 5.74) is 0. The molecule has 384 valence electrons. The van der Waals surface area contributed by atoms with Gasteiger partial charge in [-0.1, -0.05) is 234 Å². The lowest BCUT2D eigenvalue weighted by Crippen LogP contribution is -2.30. The summed E-state index contributed by atoms with van der Waals surface area (Å²) in [4.78, 5) is 37.9. The lowest BCUT2D eigenvalue weighted by Gasteiger charge is -2.18. The average Bonchev–Trinajstić information content (AvgIpc) is 3.33. The number of hydrogen-bond donors (Lipinski definition) is 0. The van der Waals surface area contributed by atoms with Gasteiger partial charge >= 0.3 is 17.9 Å². The largest absolute Gasteiger partial charge is 0.462 e. The van der Waals surface area contributed by atoms with Gasteiger partial charge in [0.25, 0.3) is 0 Å². The van der Waals surface area contributed by atoms with Crippen LogP contribution in [0.2, 0.25) is 0 Å². The molecule has 0 aromatic rings. The minimum absolute atomic E-state index is 0.0817. The lowest BCUT2D eigenvalue weighted by molar-refractivity contribution is -0.167. The molecule has 0 amide bonds. The Morgan fingerprint density at radius 2 is 0.582 bits per heavy atom.